The van der Waals surface area contributed by atoms with Crippen molar-refractivity contribution in [3.05, 3.63) is 17.9 Å². The van der Waals surface area contributed by atoms with Gasteiger partial charge in [-0.25, -0.2) is 13.1 Å². The summed E-state index contributed by atoms with van der Waals surface area (Å²) in [4.78, 5) is 0. The highest BCUT2D eigenvalue weighted by molar-refractivity contribution is 7.89. The molecule has 0 aliphatic heterocycles. The average molecular weight is 261 g/mol. The van der Waals surface area contributed by atoms with E-state index >= 15 is 0 Å². The van der Waals surface area contributed by atoms with Crippen molar-refractivity contribution in [3.8, 4) is 0 Å². The van der Waals surface area contributed by atoms with E-state index in [2.05, 4.69) is 11.6 Å². The van der Waals surface area contributed by atoms with Crippen LogP contribution in [0.25, 0.3) is 0 Å². The van der Waals surface area contributed by atoms with Crippen molar-refractivity contribution in [3.63, 3.8) is 0 Å². The minimum atomic E-state index is -3.56. The van der Waals surface area contributed by atoms with Crippen LogP contribution in [0.15, 0.2) is 21.6 Å². The standard InChI is InChI=1S/C11H19NO4S/c1-2-3-4-5-8-12-17(14,15)11-7-6-10(9-13)16-11/h6-7,12-13H,2-5,8-9H2,1H3. The predicted octanol–water partition coefficient (Wildman–Crippen LogP) is 1.63. The number of furan rings is 1. The zero-order valence-electron chi connectivity index (χ0n) is 9.98. The molecule has 0 radical (unpaired) electrons. The van der Waals surface area contributed by atoms with Gasteiger partial charge >= 0.3 is 0 Å². The van der Waals surface area contributed by atoms with Crippen LogP contribution in [-0.4, -0.2) is 20.1 Å². The molecule has 0 aliphatic carbocycles. The second kappa shape index (κ2) is 6.78. The van der Waals surface area contributed by atoms with Crippen molar-refractivity contribution < 1.29 is 17.9 Å². The van der Waals surface area contributed by atoms with Gasteiger partial charge in [-0.1, -0.05) is 26.2 Å². The summed E-state index contributed by atoms with van der Waals surface area (Å²) >= 11 is 0. The van der Waals surface area contributed by atoms with Crippen molar-refractivity contribution >= 4 is 10.0 Å². The second-order valence-corrected chi connectivity index (χ2v) is 5.54. The van der Waals surface area contributed by atoms with E-state index in [4.69, 9.17) is 9.52 Å². The largest absolute Gasteiger partial charge is 0.446 e. The Bertz CT molecular complexity index is 424. The third-order valence-corrected chi connectivity index (χ3v) is 3.71. The molecule has 1 rings (SSSR count). The fraction of sp³-hybridized carbons (Fsp3) is 0.636. The Kier molecular flexibility index (Phi) is 5.67. The fourth-order valence-electron chi connectivity index (χ4n) is 1.42. The summed E-state index contributed by atoms with van der Waals surface area (Å²) in [5.41, 5.74) is 0. The van der Waals surface area contributed by atoms with Crippen LogP contribution in [-0.2, 0) is 16.6 Å². The highest BCUT2D eigenvalue weighted by atomic mass is 32.2. The lowest BCUT2D eigenvalue weighted by atomic mass is 10.2. The quantitative estimate of drug-likeness (QED) is 0.697. The van der Waals surface area contributed by atoms with Crippen LogP contribution in [0.2, 0.25) is 0 Å². The summed E-state index contributed by atoms with van der Waals surface area (Å²) in [7, 11) is -3.56. The normalized spacial score (nSPS) is 11.9. The van der Waals surface area contributed by atoms with Crippen LogP contribution < -0.4 is 4.72 Å². The maximum atomic E-state index is 11.7. The Morgan fingerprint density at radius 3 is 2.65 bits per heavy atom. The van der Waals surface area contributed by atoms with Crippen LogP contribution in [0, 0.1) is 0 Å². The number of nitrogens with one attached hydrogen (secondary N) is 1. The molecule has 0 unspecified atom stereocenters. The number of aliphatic hydroxyl groups is 1. The molecular formula is C11H19NO4S. The van der Waals surface area contributed by atoms with E-state index in [-0.39, 0.29) is 17.5 Å². The summed E-state index contributed by atoms with van der Waals surface area (Å²) in [6.45, 7) is 2.22. The van der Waals surface area contributed by atoms with Crippen LogP contribution in [0.3, 0.4) is 0 Å². The lowest BCUT2D eigenvalue weighted by molar-refractivity contribution is 0.236. The highest BCUT2D eigenvalue weighted by Crippen LogP contribution is 2.13. The maximum Gasteiger partial charge on any atom is 0.273 e. The number of sulfonamides is 1. The van der Waals surface area contributed by atoms with E-state index < -0.39 is 10.0 Å². The van der Waals surface area contributed by atoms with Crippen LogP contribution in [0.1, 0.15) is 38.4 Å². The molecule has 0 aromatic carbocycles. The molecule has 1 heterocycles. The van der Waals surface area contributed by atoms with Gasteiger partial charge in [-0.3, -0.25) is 0 Å². The third-order valence-electron chi connectivity index (χ3n) is 2.38. The summed E-state index contributed by atoms with van der Waals surface area (Å²) in [5, 5.41) is 8.64. The molecule has 6 heteroatoms. The van der Waals surface area contributed by atoms with Gasteiger partial charge in [0.05, 0.1) is 0 Å². The fourth-order valence-corrected chi connectivity index (χ4v) is 2.44. The van der Waals surface area contributed by atoms with Crippen molar-refractivity contribution in [1.82, 2.24) is 4.72 Å². The molecule has 5 nitrogen and oxygen atoms in total. The number of aliphatic hydroxyl groups excluding tert-OH is 1. The number of hydrogen-bond acceptors (Lipinski definition) is 4. The van der Waals surface area contributed by atoms with Gasteiger partial charge in [0, 0.05) is 6.54 Å². The zero-order chi connectivity index (χ0) is 12.7. The van der Waals surface area contributed by atoms with Crippen LogP contribution >= 0.6 is 0 Å². The molecule has 0 fully saturated rings. The molecule has 0 aliphatic rings. The molecule has 0 bridgehead atoms. The molecule has 98 valence electrons. The Balaban J connectivity index is 2.45. The summed E-state index contributed by atoms with van der Waals surface area (Å²) < 4.78 is 30.9. The van der Waals surface area contributed by atoms with Gasteiger partial charge in [0.1, 0.15) is 12.4 Å². The minimum absolute atomic E-state index is 0.142. The van der Waals surface area contributed by atoms with E-state index in [1.807, 2.05) is 0 Å². The molecule has 0 amide bonds. The summed E-state index contributed by atoms with van der Waals surface area (Å²) in [6.07, 6.45) is 4.06. The Labute approximate surface area is 102 Å². The lowest BCUT2D eigenvalue weighted by Gasteiger charge is -2.03. The summed E-state index contributed by atoms with van der Waals surface area (Å²) in [5.74, 6) is 0.247. The van der Waals surface area contributed by atoms with Crippen LogP contribution in [0.4, 0.5) is 0 Å². The van der Waals surface area contributed by atoms with E-state index in [1.165, 1.54) is 12.1 Å². The van der Waals surface area contributed by atoms with E-state index in [1.54, 1.807) is 0 Å². The summed E-state index contributed by atoms with van der Waals surface area (Å²) in [6, 6.07) is 2.80. The van der Waals surface area contributed by atoms with Gasteiger partial charge < -0.3 is 9.52 Å². The van der Waals surface area contributed by atoms with Gasteiger partial charge in [-0.15, -0.1) is 0 Å². The topological polar surface area (TPSA) is 79.5 Å². The second-order valence-electron chi connectivity index (χ2n) is 3.84. The Hall–Kier alpha value is -0.850. The minimum Gasteiger partial charge on any atom is -0.446 e. The van der Waals surface area contributed by atoms with E-state index in [0.717, 1.165) is 25.7 Å². The number of unbranched alkanes of at least 4 members (excludes halogenated alkanes) is 3. The molecule has 0 atom stereocenters. The lowest BCUT2D eigenvalue weighted by Crippen LogP contribution is -2.24. The number of rotatable bonds is 8. The molecule has 0 saturated carbocycles. The first-order valence-electron chi connectivity index (χ1n) is 5.79. The molecule has 2 N–H and O–H groups in total. The predicted molar refractivity (Wildman–Crippen MR) is 64.0 cm³/mol. The average Bonchev–Trinajstić information content (AvgIpc) is 2.78. The monoisotopic (exact) mass is 261 g/mol. The van der Waals surface area contributed by atoms with Crippen molar-refractivity contribution in [2.45, 2.75) is 44.3 Å². The van der Waals surface area contributed by atoms with Gasteiger partial charge in [0.2, 0.25) is 5.09 Å². The van der Waals surface area contributed by atoms with Gasteiger partial charge in [0.15, 0.2) is 0 Å². The highest BCUT2D eigenvalue weighted by Gasteiger charge is 2.17. The van der Waals surface area contributed by atoms with E-state index in [0.29, 0.717) is 6.54 Å². The molecule has 0 saturated heterocycles. The van der Waals surface area contributed by atoms with E-state index in [9.17, 15) is 8.42 Å². The Morgan fingerprint density at radius 1 is 1.29 bits per heavy atom. The first kappa shape index (κ1) is 14.2. The molecule has 17 heavy (non-hydrogen) atoms. The van der Waals surface area contributed by atoms with Gasteiger partial charge in [-0.05, 0) is 18.6 Å². The van der Waals surface area contributed by atoms with Gasteiger partial charge in [0.25, 0.3) is 10.0 Å². The molecule has 1 aromatic heterocycles. The van der Waals surface area contributed by atoms with Crippen molar-refractivity contribution in [1.29, 1.82) is 0 Å². The smallest absolute Gasteiger partial charge is 0.273 e. The molecular weight excluding hydrogens is 242 g/mol. The SMILES string of the molecule is CCCCCCNS(=O)(=O)c1ccc(CO)o1. The first-order chi connectivity index (χ1) is 8.10. The molecule has 0 spiro atoms. The third kappa shape index (κ3) is 4.49. The molecule has 1 aromatic rings. The maximum absolute atomic E-state index is 11.7. The zero-order valence-corrected chi connectivity index (χ0v) is 10.8. The van der Waals surface area contributed by atoms with Crippen molar-refractivity contribution in [2.24, 2.45) is 0 Å². The van der Waals surface area contributed by atoms with Crippen LogP contribution in [0.5, 0.6) is 0 Å². The van der Waals surface area contributed by atoms with Gasteiger partial charge in [-0.2, -0.15) is 0 Å². The first-order valence-corrected chi connectivity index (χ1v) is 7.27. The number of hydrogen-bond donors (Lipinski definition) is 2. The van der Waals surface area contributed by atoms with Crippen molar-refractivity contribution in [2.75, 3.05) is 6.54 Å². The Morgan fingerprint density at radius 2 is 2.06 bits per heavy atom.